The van der Waals surface area contributed by atoms with Crippen molar-refractivity contribution in [3.63, 3.8) is 0 Å². The normalized spacial score (nSPS) is 10.4. The van der Waals surface area contributed by atoms with Gasteiger partial charge in [-0.2, -0.15) is 0 Å². The van der Waals surface area contributed by atoms with E-state index in [0.717, 1.165) is 10.5 Å². The van der Waals surface area contributed by atoms with Crippen molar-refractivity contribution in [3.05, 3.63) is 82.8 Å². The summed E-state index contributed by atoms with van der Waals surface area (Å²) >= 11 is 7.68. The van der Waals surface area contributed by atoms with E-state index in [9.17, 15) is 4.79 Å². The van der Waals surface area contributed by atoms with Crippen LogP contribution in [-0.2, 0) is 0 Å². The average molecular weight is 356 g/mol. The summed E-state index contributed by atoms with van der Waals surface area (Å²) in [5, 5.41) is 0.425. The standard InChI is InChI=1S/C18H14ClN3OS/c1-12-4-2-3-5-14(12)18(23)15-7-6-13(10-16(15)19)24-22-17-11-20-8-9-21-17/h2-11H,1H3,(H,21,22). The second-order valence-corrected chi connectivity index (χ2v) is 6.37. The third-order valence-corrected chi connectivity index (χ3v) is 4.53. The molecule has 0 fully saturated rings. The molecule has 4 nitrogen and oxygen atoms in total. The van der Waals surface area contributed by atoms with Gasteiger partial charge in [-0.15, -0.1) is 0 Å². The molecule has 0 aliphatic heterocycles. The number of aryl methyl sites for hydroxylation is 1. The lowest BCUT2D eigenvalue weighted by atomic mass is 9.99. The van der Waals surface area contributed by atoms with Gasteiger partial charge < -0.3 is 4.72 Å². The van der Waals surface area contributed by atoms with Crippen LogP contribution in [0, 0.1) is 6.92 Å². The first-order valence-corrected chi connectivity index (χ1v) is 8.43. The zero-order valence-corrected chi connectivity index (χ0v) is 14.4. The minimum absolute atomic E-state index is 0.0727. The molecule has 0 saturated carbocycles. The molecule has 1 N–H and O–H groups in total. The van der Waals surface area contributed by atoms with E-state index in [1.54, 1.807) is 30.7 Å². The highest BCUT2D eigenvalue weighted by Crippen LogP contribution is 2.27. The number of aromatic nitrogens is 2. The number of carbonyl (C=O) groups excluding carboxylic acids is 1. The summed E-state index contributed by atoms with van der Waals surface area (Å²) in [5.74, 6) is 0.579. The Labute approximate surface area is 149 Å². The lowest BCUT2D eigenvalue weighted by Crippen LogP contribution is -2.04. The first-order valence-electron chi connectivity index (χ1n) is 7.24. The van der Waals surface area contributed by atoms with E-state index in [-0.39, 0.29) is 5.78 Å². The fourth-order valence-electron chi connectivity index (χ4n) is 2.18. The number of hydrogen-bond donors (Lipinski definition) is 1. The van der Waals surface area contributed by atoms with Gasteiger partial charge >= 0.3 is 0 Å². The molecule has 0 spiro atoms. The van der Waals surface area contributed by atoms with Gasteiger partial charge in [0.15, 0.2) is 11.6 Å². The summed E-state index contributed by atoms with van der Waals surface area (Å²) in [6.07, 6.45) is 4.85. The monoisotopic (exact) mass is 355 g/mol. The maximum Gasteiger partial charge on any atom is 0.194 e. The van der Waals surface area contributed by atoms with Crippen molar-refractivity contribution in [1.29, 1.82) is 0 Å². The SMILES string of the molecule is Cc1ccccc1C(=O)c1ccc(SNc2cnccn2)cc1Cl. The van der Waals surface area contributed by atoms with Crippen LogP contribution in [-0.4, -0.2) is 15.8 Å². The highest BCUT2D eigenvalue weighted by Gasteiger charge is 2.15. The van der Waals surface area contributed by atoms with Crippen molar-refractivity contribution in [2.45, 2.75) is 11.8 Å². The molecule has 24 heavy (non-hydrogen) atoms. The number of anilines is 1. The molecule has 0 radical (unpaired) electrons. The molecule has 0 saturated heterocycles. The Balaban J connectivity index is 1.77. The minimum atomic E-state index is -0.0727. The van der Waals surface area contributed by atoms with Crippen LogP contribution in [0.1, 0.15) is 21.5 Å². The first-order chi connectivity index (χ1) is 11.6. The fraction of sp³-hybridized carbons (Fsp3) is 0.0556. The van der Waals surface area contributed by atoms with E-state index in [1.165, 1.54) is 11.9 Å². The molecule has 0 amide bonds. The average Bonchev–Trinajstić information content (AvgIpc) is 2.61. The van der Waals surface area contributed by atoms with Gasteiger partial charge in [-0.3, -0.25) is 9.78 Å². The molecule has 3 rings (SSSR count). The third kappa shape index (κ3) is 3.75. The van der Waals surface area contributed by atoms with Crippen LogP contribution < -0.4 is 4.72 Å². The first kappa shape index (κ1) is 16.5. The predicted octanol–water partition coefficient (Wildman–Crippen LogP) is 4.79. The van der Waals surface area contributed by atoms with Gasteiger partial charge in [0.2, 0.25) is 0 Å². The van der Waals surface area contributed by atoms with Crippen LogP contribution in [0.5, 0.6) is 0 Å². The van der Waals surface area contributed by atoms with Crippen LogP contribution in [0.2, 0.25) is 5.02 Å². The molecule has 0 atom stereocenters. The topological polar surface area (TPSA) is 54.9 Å². The summed E-state index contributed by atoms with van der Waals surface area (Å²) in [6.45, 7) is 1.91. The Hall–Kier alpha value is -2.37. The van der Waals surface area contributed by atoms with Crippen LogP contribution in [0.4, 0.5) is 5.82 Å². The maximum absolute atomic E-state index is 12.7. The minimum Gasteiger partial charge on any atom is -0.309 e. The van der Waals surface area contributed by atoms with E-state index < -0.39 is 0 Å². The van der Waals surface area contributed by atoms with E-state index in [4.69, 9.17) is 11.6 Å². The van der Waals surface area contributed by atoms with Gasteiger partial charge in [0.25, 0.3) is 0 Å². The summed E-state index contributed by atoms with van der Waals surface area (Å²) in [4.78, 5) is 21.6. The number of halogens is 1. The third-order valence-electron chi connectivity index (χ3n) is 3.41. The molecule has 1 heterocycles. The molecule has 3 aromatic rings. The Kier molecular flexibility index (Phi) is 5.13. The molecule has 0 aliphatic rings. The van der Waals surface area contributed by atoms with Crippen molar-refractivity contribution < 1.29 is 4.79 Å². The van der Waals surface area contributed by atoms with Crippen molar-refractivity contribution in [2.75, 3.05) is 4.72 Å². The van der Waals surface area contributed by atoms with E-state index in [0.29, 0.717) is 22.0 Å². The van der Waals surface area contributed by atoms with Crippen LogP contribution in [0.25, 0.3) is 0 Å². The predicted molar refractivity (Wildman–Crippen MR) is 97.6 cm³/mol. The van der Waals surface area contributed by atoms with E-state index >= 15 is 0 Å². The van der Waals surface area contributed by atoms with Crippen molar-refractivity contribution in [3.8, 4) is 0 Å². The van der Waals surface area contributed by atoms with Crippen molar-refractivity contribution >= 4 is 35.1 Å². The van der Waals surface area contributed by atoms with E-state index in [1.807, 2.05) is 37.3 Å². The second-order valence-electron chi connectivity index (χ2n) is 5.08. The number of nitrogens with zero attached hydrogens (tertiary/aromatic N) is 2. The maximum atomic E-state index is 12.7. The Bertz CT molecular complexity index is 871. The lowest BCUT2D eigenvalue weighted by molar-refractivity contribution is 0.103. The smallest absolute Gasteiger partial charge is 0.194 e. The molecule has 6 heteroatoms. The van der Waals surface area contributed by atoms with Crippen molar-refractivity contribution in [1.82, 2.24) is 9.97 Å². The summed E-state index contributed by atoms with van der Waals surface area (Å²) in [6, 6.07) is 12.8. The van der Waals surface area contributed by atoms with Crippen LogP contribution in [0.3, 0.4) is 0 Å². The molecule has 2 aromatic carbocycles. The van der Waals surface area contributed by atoms with E-state index in [2.05, 4.69) is 14.7 Å². The Morgan fingerprint density at radius 3 is 2.67 bits per heavy atom. The molecule has 0 aliphatic carbocycles. The number of rotatable bonds is 5. The van der Waals surface area contributed by atoms with Crippen LogP contribution in [0.15, 0.2) is 66.0 Å². The number of hydrogen-bond acceptors (Lipinski definition) is 5. The van der Waals surface area contributed by atoms with Gasteiger partial charge in [-0.05, 0) is 42.6 Å². The molecule has 1 aromatic heterocycles. The summed E-state index contributed by atoms with van der Waals surface area (Å²) in [5.41, 5.74) is 2.09. The Morgan fingerprint density at radius 1 is 1.12 bits per heavy atom. The number of ketones is 1. The lowest BCUT2D eigenvalue weighted by Gasteiger charge is -2.09. The number of carbonyl (C=O) groups is 1. The van der Waals surface area contributed by atoms with Gasteiger partial charge in [0, 0.05) is 28.4 Å². The van der Waals surface area contributed by atoms with Crippen molar-refractivity contribution in [2.24, 2.45) is 0 Å². The largest absolute Gasteiger partial charge is 0.309 e. The van der Waals surface area contributed by atoms with Gasteiger partial charge in [-0.1, -0.05) is 35.9 Å². The Morgan fingerprint density at radius 2 is 1.96 bits per heavy atom. The quantitative estimate of drug-likeness (QED) is 0.526. The molecular weight excluding hydrogens is 342 g/mol. The zero-order valence-electron chi connectivity index (χ0n) is 12.9. The highest BCUT2D eigenvalue weighted by atomic mass is 35.5. The molecule has 0 bridgehead atoms. The second kappa shape index (κ2) is 7.47. The summed E-state index contributed by atoms with van der Waals surface area (Å²) in [7, 11) is 0. The van der Waals surface area contributed by atoms with Gasteiger partial charge in [0.1, 0.15) is 0 Å². The molecule has 0 unspecified atom stereocenters. The van der Waals surface area contributed by atoms with Gasteiger partial charge in [0.05, 0.1) is 11.2 Å². The highest BCUT2D eigenvalue weighted by molar-refractivity contribution is 8.00. The summed E-state index contributed by atoms with van der Waals surface area (Å²) < 4.78 is 3.08. The number of benzene rings is 2. The molecule has 120 valence electrons. The number of nitrogens with one attached hydrogen (secondary N) is 1. The molecular formula is C18H14ClN3OS. The van der Waals surface area contributed by atoms with Gasteiger partial charge in [-0.25, -0.2) is 4.98 Å². The zero-order chi connectivity index (χ0) is 16.9. The fourth-order valence-corrected chi connectivity index (χ4v) is 3.15. The van der Waals surface area contributed by atoms with Crippen LogP contribution >= 0.6 is 23.5 Å².